The summed E-state index contributed by atoms with van der Waals surface area (Å²) in [7, 11) is 11.4. The number of benzene rings is 8. The van der Waals surface area contributed by atoms with Crippen LogP contribution in [0, 0.1) is 18.6 Å². The van der Waals surface area contributed by atoms with Gasteiger partial charge < -0.3 is 9.47 Å². The van der Waals surface area contributed by atoms with E-state index in [4.69, 9.17) is 53.9 Å². The van der Waals surface area contributed by atoms with Gasteiger partial charge in [-0.15, -0.1) is 11.6 Å². The van der Waals surface area contributed by atoms with Crippen LogP contribution in [0.3, 0.4) is 0 Å². The molecule has 0 spiro atoms. The van der Waals surface area contributed by atoms with Crippen molar-refractivity contribution in [2.24, 2.45) is 0 Å². The molecule has 0 fully saturated rings. The van der Waals surface area contributed by atoms with Gasteiger partial charge in [-0.3, -0.25) is 19.9 Å². The molecule has 12 aromatic rings. The van der Waals surface area contributed by atoms with Crippen molar-refractivity contribution >= 4 is 135 Å². The van der Waals surface area contributed by atoms with E-state index >= 15 is 0 Å². The molecule has 0 radical (unpaired) electrons. The van der Waals surface area contributed by atoms with Crippen molar-refractivity contribution in [2.75, 3.05) is 14.2 Å². The predicted molar refractivity (Wildman–Crippen MR) is 364 cm³/mol. The second kappa shape index (κ2) is 37.0. The molecular weight excluding hydrogens is 1360 g/mol. The number of nitrogens with zero attached hydrogens (tertiary/aromatic N) is 4. The number of ether oxygens (including phenoxy) is 2. The predicted octanol–water partition coefficient (Wildman–Crippen LogP) is 17.0. The van der Waals surface area contributed by atoms with Gasteiger partial charge in [-0.05, 0) is 126 Å². The Balaban J connectivity index is 0.000000159. The zero-order chi connectivity index (χ0) is 63.3. The van der Waals surface area contributed by atoms with Crippen LogP contribution in [0.5, 0.6) is 0 Å². The molecule has 0 aliphatic heterocycles. The number of aryl methyl sites for hydroxylation is 1. The minimum Gasteiger partial charge on any atom is -0.0622 e. The number of aromatic nitrogens is 4. The van der Waals surface area contributed by atoms with Crippen LogP contribution >= 0.6 is 69.7 Å². The number of fused-ring (bicyclic) bond motifs is 2. The van der Waals surface area contributed by atoms with Crippen LogP contribution in [-0.2, 0) is 37.7 Å². The second-order valence-corrected chi connectivity index (χ2v) is 26.8. The maximum absolute atomic E-state index is 14.1. The van der Waals surface area contributed by atoms with Gasteiger partial charge in [0.2, 0.25) is 0 Å². The van der Waals surface area contributed by atoms with E-state index in [9.17, 15) is 18.4 Å². The summed E-state index contributed by atoms with van der Waals surface area (Å²) in [5.74, 6) is -1.27. The molecule has 454 valence electrons. The largest absolute Gasteiger partial charge is 0.0622 e. The van der Waals surface area contributed by atoms with Gasteiger partial charge in [0.25, 0.3) is 0 Å². The number of hydrogen-bond acceptors (Lipinski definition) is 8. The molecule has 0 atom stereocenters. The number of carbonyl (C=O) groups is 2. The van der Waals surface area contributed by atoms with Crippen molar-refractivity contribution in [3.8, 4) is 0 Å². The number of rotatable bonds is 11. The summed E-state index contributed by atoms with van der Waals surface area (Å²) < 4.78 is 36.8. The first-order valence-corrected chi connectivity index (χ1v) is 35.1. The molecule has 12 rings (SSSR count). The zero-order valence-electron chi connectivity index (χ0n) is 48.1. The molecule has 4 heterocycles. The Bertz CT molecular complexity index is 3850. The van der Waals surface area contributed by atoms with Crippen LogP contribution in [0.4, 0.5) is 8.78 Å². The van der Waals surface area contributed by atoms with Crippen LogP contribution in [-0.4, -0.2) is 46.1 Å². The average Bonchev–Trinajstić information content (AvgIpc) is 3.41. The molecule has 8 aromatic carbocycles. The van der Waals surface area contributed by atoms with Crippen LogP contribution < -0.4 is 31.8 Å². The summed E-state index contributed by atoms with van der Waals surface area (Å²) in [5, 5.41) is 10.6. The van der Waals surface area contributed by atoms with Gasteiger partial charge >= 0.3 is 46.9 Å². The molecule has 0 unspecified atom stereocenters. The normalized spacial score (nSPS) is 10.4. The Morgan fingerprint density at radius 2 is 0.775 bits per heavy atom. The van der Waals surface area contributed by atoms with Crippen LogP contribution in [0.1, 0.15) is 43.2 Å². The third kappa shape index (κ3) is 21.4. The van der Waals surface area contributed by atoms with E-state index < -0.39 is 27.6 Å². The number of esters is 2. The molecular formula is C71H57Cl5F2N4O4P2Pd. The Kier molecular flexibility index (Phi) is 28.7. The molecule has 0 bridgehead atoms. The summed E-state index contributed by atoms with van der Waals surface area (Å²) in [5.41, 5.74) is 4.44. The van der Waals surface area contributed by atoms with Gasteiger partial charge in [0.15, 0.2) is 0 Å². The topological polar surface area (TPSA) is 104 Å². The maximum Gasteiger partial charge on any atom is -0.0134 e. The minimum atomic E-state index is -0.446. The van der Waals surface area contributed by atoms with E-state index in [0.717, 1.165) is 11.3 Å². The van der Waals surface area contributed by atoms with E-state index in [2.05, 4.69) is 211 Å². The first-order valence-electron chi connectivity index (χ1n) is 27.1. The fourth-order valence-corrected chi connectivity index (χ4v) is 13.9. The van der Waals surface area contributed by atoms with Gasteiger partial charge in [0, 0.05) is 59.2 Å². The summed E-state index contributed by atoms with van der Waals surface area (Å²) >= 11 is 17.2. The SMILES string of the molecule is COC(=O)c1ccnc(C)c1.COC(=O)c1ccnc(Cc2cc(F)c3ncc(Cl)cc3c2)c1.Fc1cc(CCl)cc2cc(Cl)cnc12.[Cl][Pd][Cl].c1ccc(P(c2ccccc2)c2ccccc2)cc1.c1ccc(P(c2ccccc2)c2ccccc2)cc1. The molecule has 0 saturated heterocycles. The van der Waals surface area contributed by atoms with Crippen molar-refractivity contribution in [3.63, 3.8) is 0 Å². The van der Waals surface area contributed by atoms with E-state index in [0.29, 0.717) is 55.1 Å². The quantitative estimate of drug-likeness (QED) is 0.0546. The number of hydrogen-bond donors (Lipinski definition) is 0. The molecule has 0 amide bonds. The molecule has 0 aliphatic rings. The number of methoxy groups -OCH3 is 2. The number of carbonyl (C=O) groups excluding carboxylic acids is 2. The Morgan fingerprint density at radius 1 is 0.449 bits per heavy atom. The smallest absolute Gasteiger partial charge is 0.0134 e. The van der Waals surface area contributed by atoms with Gasteiger partial charge in [0.05, 0.1) is 35.4 Å². The molecule has 4 aromatic heterocycles. The van der Waals surface area contributed by atoms with Gasteiger partial charge in [-0.1, -0.05) is 205 Å². The van der Waals surface area contributed by atoms with Crippen molar-refractivity contribution in [3.05, 3.63) is 323 Å². The summed E-state index contributed by atoms with van der Waals surface area (Å²) in [6.45, 7) is 1.83. The van der Waals surface area contributed by atoms with Crippen LogP contribution in [0.25, 0.3) is 21.8 Å². The Labute approximate surface area is 550 Å². The molecule has 18 heteroatoms. The minimum absolute atomic E-state index is 0.106. The summed E-state index contributed by atoms with van der Waals surface area (Å²) in [6.07, 6.45) is 6.32. The number of halogens is 7. The fourth-order valence-electron chi connectivity index (χ4n) is 8.83. The van der Waals surface area contributed by atoms with Crippen molar-refractivity contribution in [2.45, 2.75) is 19.2 Å². The maximum atomic E-state index is 14.1. The molecule has 89 heavy (non-hydrogen) atoms. The second-order valence-electron chi connectivity index (χ2n) is 18.9. The number of alkyl halides is 1. The molecule has 0 aliphatic carbocycles. The standard InChI is InChI=1S/2C18H15P.C17H12ClFN2O2.C10H6Cl2FN.C8H9NO2.2ClH.Pd/c2*1-4-10-16(11-5-1)19(17-12-6-2-7-13-17)18-14-8-3-9-15-18;1-23-17(22)11-2-3-20-14(8-11)5-10-4-12-7-13(18)9-21-16(12)15(19)6-10;11-4-6-1-7-3-8(12)5-14-10(7)9(13)2-6;1-6-5-7(3-4-9-6)8(10)11-2;;;/h2*1-15H;2-4,6-9H,5H2,1H3;1-3,5H,4H2;3-5H,1-2H3;2*1H;/q;;;;;;;+2/p-2. The fraction of sp³-hybridized carbons (Fsp3) is 0.0704. The van der Waals surface area contributed by atoms with E-state index in [1.165, 1.54) is 76.8 Å². The van der Waals surface area contributed by atoms with Gasteiger partial charge in [-0.25, -0.2) is 18.4 Å². The first-order chi connectivity index (χ1) is 43.3. The monoisotopic (exact) mass is 1410 g/mol. The van der Waals surface area contributed by atoms with Crippen LogP contribution in [0.15, 0.2) is 267 Å². The van der Waals surface area contributed by atoms with E-state index in [-0.39, 0.29) is 39.1 Å². The molecule has 0 N–H and O–H groups in total. The van der Waals surface area contributed by atoms with Crippen molar-refractivity contribution < 1.29 is 43.8 Å². The first kappa shape index (κ1) is 69.1. The van der Waals surface area contributed by atoms with Gasteiger partial charge in [0.1, 0.15) is 22.7 Å². The molecule has 8 nitrogen and oxygen atoms in total. The van der Waals surface area contributed by atoms with Gasteiger partial charge in [-0.2, -0.15) is 0 Å². The third-order valence-electron chi connectivity index (χ3n) is 12.7. The number of pyridine rings is 4. The summed E-state index contributed by atoms with van der Waals surface area (Å²) in [4.78, 5) is 38.5. The summed E-state index contributed by atoms with van der Waals surface area (Å²) in [6, 6.07) is 80.9. The molecule has 0 saturated carbocycles. The van der Waals surface area contributed by atoms with Crippen molar-refractivity contribution in [1.82, 2.24) is 19.9 Å². The average molecular weight is 1410 g/mol. The third-order valence-corrected chi connectivity index (χ3v) is 18.3. The van der Waals surface area contributed by atoms with Crippen molar-refractivity contribution in [1.29, 1.82) is 0 Å². The Hall–Kier alpha value is -7.35. The zero-order valence-corrected chi connectivity index (χ0v) is 55.2. The van der Waals surface area contributed by atoms with Crippen LogP contribution in [0.2, 0.25) is 10.0 Å². The van der Waals surface area contributed by atoms with E-state index in [1.807, 2.05) is 13.0 Å². The Morgan fingerprint density at radius 3 is 1.11 bits per heavy atom. The van der Waals surface area contributed by atoms with E-state index in [1.54, 1.807) is 48.7 Å².